The number of aryl methyl sites for hydroxylation is 2. The van der Waals surface area contributed by atoms with E-state index in [2.05, 4.69) is 42.3 Å². The van der Waals surface area contributed by atoms with Crippen molar-refractivity contribution in [3.05, 3.63) is 65.9 Å². The molecule has 2 heterocycles. The van der Waals surface area contributed by atoms with E-state index in [0.29, 0.717) is 5.75 Å². The third-order valence-electron chi connectivity index (χ3n) is 4.06. The zero-order chi connectivity index (χ0) is 17.8. The first-order valence-corrected chi connectivity index (χ1v) is 9.09. The van der Waals surface area contributed by atoms with Crippen molar-refractivity contribution in [3.8, 4) is 5.69 Å². The molecular formula is C19H21N3O2S. The Morgan fingerprint density at radius 2 is 2.16 bits per heavy atom. The van der Waals surface area contributed by atoms with Crippen molar-refractivity contribution in [2.75, 3.05) is 5.75 Å². The van der Waals surface area contributed by atoms with Crippen LogP contribution >= 0.6 is 11.8 Å². The average molecular weight is 355 g/mol. The summed E-state index contributed by atoms with van der Waals surface area (Å²) < 4.78 is 7.31. The van der Waals surface area contributed by atoms with Crippen LogP contribution in [0, 0.1) is 13.8 Å². The molecule has 5 nitrogen and oxygen atoms in total. The van der Waals surface area contributed by atoms with Crippen LogP contribution in [0.5, 0.6) is 0 Å². The Morgan fingerprint density at radius 3 is 2.88 bits per heavy atom. The maximum atomic E-state index is 12.2. The molecule has 0 aliphatic rings. The highest BCUT2D eigenvalue weighted by molar-refractivity contribution is 7.99. The number of carbonyl (C=O) groups is 1. The quantitative estimate of drug-likeness (QED) is 0.678. The van der Waals surface area contributed by atoms with Gasteiger partial charge >= 0.3 is 0 Å². The van der Waals surface area contributed by atoms with Gasteiger partial charge in [0.15, 0.2) is 5.16 Å². The van der Waals surface area contributed by atoms with Gasteiger partial charge in [-0.1, -0.05) is 17.8 Å². The molecule has 6 heteroatoms. The van der Waals surface area contributed by atoms with Crippen molar-refractivity contribution in [2.45, 2.75) is 32.0 Å². The van der Waals surface area contributed by atoms with Crippen molar-refractivity contribution in [2.24, 2.45) is 0 Å². The topological polar surface area (TPSA) is 60.1 Å². The molecular weight excluding hydrogens is 334 g/mol. The fraction of sp³-hybridized carbons (Fsp3) is 0.263. The standard InChI is InChI=1S/C19H21N3O2S/c1-13-6-7-16(11-14(13)2)22-9-8-20-19(22)25-12-18(23)21-15(3)17-5-4-10-24-17/h4-11,15H,12H2,1-3H3,(H,21,23)/t15-/m1/s1. The molecule has 0 fully saturated rings. The van der Waals surface area contributed by atoms with Crippen molar-refractivity contribution in [3.63, 3.8) is 0 Å². The zero-order valence-electron chi connectivity index (χ0n) is 14.5. The average Bonchev–Trinajstić information content (AvgIpc) is 3.27. The number of rotatable bonds is 6. The predicted octanol–water partition coefficient (Wildman–Crippen LogP) is 4.05. The van der Waals surface area contributed by atoms with Crippen LogP contribution in [0.1, 0.15) is 29.9 Å². The second-order valence-corrected chi connectivity index (χ2v) is 6.88. The minimum Gasteiger partial charge on any atom is -0.467 e. The van der Waals surface area contributed by atoms with Crippen molar-refractivity contribution in [1.29, 1.82) is 0 Å². The molecule has 0 aliphatic heterocycles. The number of thioether (sulfide) groups is 1. The van der Waals surface area contributed by atoms with Crippen LogP contribution in [0.3, 0.4) is 0 Å². The fourth-order valence-electron chi connectivity index (χ4n) is 2.49. The summed E-state index contributed by atoms with van der Waals surface area (Å²) in [7, 11) is 0. The third kappa shape index (κ3) is 4.14. The van der Waals surface area contributed by atoms with Crippen LogP contribution in [0.2, 0.25) is 0 Å². The molecule has 130 valence electrons. The van der Waals surface area contributed by atoms with E-state index < -0.39 is 0 Å². The molecule has 25 heavy (non-hydrogen) atoms. The summed E-state index contributed by atoms with van der Waals surface area (Å²) in [6, 6.07) is 9.80. The molecule has 0 unspecified atom stereocenters. The molecule has 0 bridgehead atoms. The van der Waals surface area contributed by atoms with E-state index in [1.807, 2.05) is 29.8 Å². The van der Waals surface area contributed by atoms with E-state index in [9.17, 15) is 4.79 Å². The fourth-order valence-corrected chi connectivity index (χ4v) is 3.27. The summed E-state index contributed by atoms with van der Waals surface area (Å²) in [5.74, 6) is 0.992. The Bertz CT molecular complexity index is 855. The Morgan fingerprint density at radius 1 is 1.32 bits per heavy atom. The number of furan rings is 1. The Labute approximate surface area is 151 Å². The number of imidazole rings is 1. The van der Waals surface area contributed by atoms with Gasteiger partial charge in [0, 0.05) is 18.1 Å². The van der Waals surface area contributed by atoms with Crippen molar-refractivity contribution in [1.82, 2.24) is 14.9 Å². The lowest BCUT2D eigenvalue weighted by atomic mass is 10.1. The number of nitrogens with one attached hydrogen (secondary N) is 1. The van der Waals surface area contributed by atoms with Gasteiger partial charge in [0.25, 0.3) is 0 Å². The lowest BCUT2D eigenvalue weighted by molar-refractivity contribution is -0.119. The minimum atomic E-state index is -0.150. The Balaban J connectivity index is 1.63. The maximum Gasteiger partial charge on any atom is 0.231 e. The molecule has 3 rings (SSSR count). The Hall–Kier alpha value is -2.47. The first kappa shape index (κ1) is 17.4. The highest BCUT2D eigenvalue weighted by Gasteiger charge is 2.14. The molecule has 0 spiro atoms. The van der Waals surface area contributed by atoms with Gasteiger partial charge in [-0.15, -0.1) is 0 Å². The number of carbonyl (C=O) groups excluding carboxylic acids is 1. The predicted molar refractivity (Wildman–Crippen MR) is 99.0 cm³/mol. The summed E-state index contributed by atoms with van der Waals surface area (Å²) in [6.45, 7) is 6.08. The molecule has 0 aliphatic carbocycles. The summed E-state index contributed by atoms with van der Waals surface area (Å²) >= 11 is 1.42. The smallest absolute Gasteiger partial charge is 0.231 e. The van der Waals surface area contributed by atoms with Crippen molar-refractivity contribution < 1.29 is 9.21 Å². The molecule has 0 saturated heterocycles. The molecule has 1 aromatic carbocycles. The molecule has 1 N–H and O–H groups in total. The highest BCUT2D eigenvalue weighted by Crippen LogP contribution is 2.22. The van der Waals surface area contributed by atoms with Crippen LogP contribution in [0.15, 0.2) is 58.6 Å². The van der Waals surface area contributed by atoms with E-state index >= 15 is 0 Å². The SMILES string of the molecule is Cc1ccc(-n2ccnc2SCC(=O)N[C@H](C)c2ccco2)cc1C. The first-order valence-electron chi connectivity index (χ1n) is 8.11. The van der Waals surface area contributed by atoms with E-state index in [1.165, 1.54) is 22.9 Å². The van der Waals surface area contributed by atoms with Gasteiger partial charge in [-0.25, -0.2) is 4.98 Å². The molecule has 1 atom stereocenters. The molecule has 0 radical (unpaired) electrons. The third-order valence-corrected chi connectivity index (χ3v) is 5.02. The van der Waals surface area contributed by atoms with Gasteiger partial charge < -0.3 is 9.73 Å². The molecule has 2 aromatic heterocycles. The summed E-state index contributed by atoms with van der Waals surface area (Å²) in [6.07, 6.45) is 5.27. The monoisotopic (exact) mass is 355 g/mol. The lowest BCUT2D eigenvalue weighted by Crippen LogP contribution is -2.28. The lowest BCUT2D eigenvalue weighted by Gasteiger charge is -2.12. The zero-order valence-corrected chi connectivity index (χ0v) is 15.3. The second kappa shape index (κ2) is 7.61. The number of benzene rings is 1. The highest BCUT2D eigenvalue weighted by atomic mass is 32.2. The van der Waals surface area contributed by atoms with Gasteiger partial charge in [0.05, 0.1) is 18.1 Å². The second-order valence-electron chi connectivity index (χ2n) is 5.94. The summed E-state index contributed by atoms with van der Waals surface area (Å²) in [5, 5.41) is 3.73. The van der Waals surface area contributed by atoms with Crippen LogP contribution in [-0.2, 0) is 4.79 Å². The maximum absolute atomic E-state index is 12.2. The van der Waals surface area contributed by atoms with Gasteiger partial charge in [-0.2, -0.15) is 0 Å². The van der Waals surface area contributed by atoms with Crippen molar-refractivity contribution >= 4 is 17.7 Å². The molecule has 0 saturated carbocycles. The summed E-state index contributed by atoms with van der Waals surface area (Å²) in [4.78, 5) is 16.6. The van der Waals surface area contributed by atoms with Gasteiger partial charge in [-0.05, 0) is 56.2 Å². The first-order chi connectivity index (χ1) is 12.0. The number of aromatic nitrogens is 2. The van der Waals surface area contributed by atoms with E-state index in [0.717, 1.165) is 16.6 Å². The van der Waals surface area contributed by atoms with E-state index in [-0.39, 0.29) is 11.9 Å². The molecule has 3 aromatic rings. The minimum absolute atomic E-state index is 0.0523. The van der Waals surface area contributed by atoms with E-state index in [4.69, 9.17) is 4.42 Å². The number of amides is 1. The molecule has 1 amide bonds. The van der Waals surface area contributed by atoms with Gasteiger partial charge in [-0.3, -0.25) is 9.36 Å². The Kier molecular flexibility index (Phi) is 5.28. The normalized spacial score (nSPS) is 12.1. The van der Waals surface area contributed by atoms with Crippen LogP contribution in [0.4, 0.5) is 0 Å². The number of nitrogens with zero attached hydrogens (tertiary/aromatic N) is 2. The number of hydrogen-bond acceptors (Lipinski definition) is 4. The largest absolute Gasteiger partial charge is 0.467 e. The summed E-state index contributed by atoms with van der Waals surface area (Å²) in [5.41, 5.74) is 3.53. The van der Waals surface area contributed by atoms with Gasteiger partial charge in [0.1, 0.15) is 5.76 Å². The van der Waals surface area contributed by atoms with Crippen LogP contribution < -0.4 is 5.32 Å². The van der Waals surface area contributed by atoms with Gasteiger partial charge in [0.2, 0.25) is 5.91 Å². The van der Waals surface area contributed by atoms with E-state index in [1.54, 1.807) is 12.5 Å². The number of hydrogen-bond donors (Lipinski definition) is 1. The van der Waals surface area contributed by atoms with Crippen LogP contribution in [-0.4, -0.2) is 21.2 Å². The van der Waals surface area contributed by atoms with Crippen LogP contribution in [0.25, 0.3) is 5.69 Å².